The van der Waals surface area contributed by atoms with Crippen molar-refractivity contribution in [1.29, 1.82) is 10.5 Å². The van der Waals surface area contributed by atoms with Gasteiger partial charge in [-0.15, -0.1) is 0 Å². The predicted molar refractivity (Wildman–Crippen MR) is 52.0 cm³/mol. The molecule has 0 aliphatic rings. The molecule has 0 aromatic heterocycles. The van der Waals surface area contributed by atoms with Gasteiger partial charge in [-0.3, -0.25) is 0 Å². The summed E-state index contributed by atoms with van der Waals surface area (Å²) in [5.74, 6) is -0.683. The van der Waals surface area contributed by atoms with Crippen LogP contribution < -0.4 is 0 Å². The van der Waals surface area contributed by atoms with Gasteiger partial charge in [0.1, 0.15) is 5.92 Å². The first-order valence-corrected chi connectivity index (χ1v) is 7.10. The van der Waals surface area contributed by atoms with Gasteiger partial charge in [-0.1, -0.05) is 13.8 Å². The first-order valence-electron chi connectivity index (χ1n) is 4.23. The van der Waals surface area contributed by atoms with Gasteiger partial charge in [0.05, 0.1) is 12.1 Å². The van der Waals surface area contributed by atoms with Crippen molar-refractivity contribution in [2.24, 2.45) is 5.92 Å². The topological polar surface area (TPSA) is 47.6 Å². The lowest BCUT2D eigenvalue weighted by atomic mass is 9.99. The molecule has 0 N–H and O–H groups in total. The molecule has 0 aromatic rings. The van der Waals surface area contributed by atoms with Gasteiger partial charge in [0.15, 0.2) is 0 Å². The van der Waals surface area contributed by atoms with Crippen LogP contribution in [0.2, 0.25) is 18.1 Å². The molecule has 0 spiro atoms. The molecule has 0 aromatic carbocycles. The second-order valence-electron chi connectivity index (χ2n) is 4.37. The van der Waals surface area contributed by atoms with Crippen LogP contribution in [0.15, 0.2) is 0 Å². The SMILES string of the molecule is CC(C)(CC(C#N)C#N)[Si](C)(C)F. The molecule has 4 heteroatoms. The Morgan fingerprint density at radius 3 is 1.92 bits per heavy atom. The number of nitriles is 2. The number of hydrogen-bond acceptors (Lipinski definition) is 2. The molecule has 0 atom stereocenters. The first kappa shape index (κ1) is 12.1. The standard InChI is InChI=1S/C9H15FN2Si/c1-9(2,13(3,4)10)5-8(6-11)7-12/h8H,5H2,1-4H3. The van der Waals surface area contributed by atoms with Crippen LogP contribution in [-0.2, 0) is 0 Å². The van der Waals surface area contributed by atoms with Crippen molar-refractivity contribution >= 4 is 8.41 Å². The summed E-state index contributed by atoms with van der Waals surface area (Å²) in [5.41, 5.74) is 0. The Morgan fingerprint density at radius 2 is 1.69 bits per heavy atom. The summed E-state index contributed by atoms with van der Waals surface area (Å²) in [6, 6.07) is 3.75. The molecule has 0 saturated heterocycles. The van der Waals surface area contributed by atoms with E-state index < -0.39 is 19.4 Å². The number of rotatable bonds is 3. The highest BCUT2D eigenvalue weighted by Crippen LogP contribution is 2.43. The molecule has 0 bridgehead atoms. The van der Waals surface area contributed by atoms with Gasteiger partial charge in [-0.05, 0) is 24.6 Å². The van der Waals surface area contributed by atoms with Crippen LogP contribution in [0.3, 0.4) is 0 Å². The van der Waals surface area contributed by atoms with Gasteiger partial charge >= 0.3 is 0 Å². The van der Waals surface area contributed by atoms with Crippen LogP contribution in [-0.4, -0.2) is 8.41 Å². The molecule has 72 valence electrons. The minimum atomic E-state index is -2.78. The molecule has 0 amide bonds. The van der Waals surface area contributed by atoms with Crippen molar-refractivity contribution in [2.75, 3.05) is 0 Å². The van der Waals surface area contributed by atoms with Crippen LogP contribution in [0.1, 0.15) is 20.3 Å². The van der Waals surface area contributed by atoms with Gasteiger partial charge in [0.2, 0.25) is 8.41 Å². The van der Waals surface area contributed by atoms with Gasteiger partial charge in [0.25, 0.3) is 0 Å². The molecule has 0 rings (SSSR count). The lowest BCUT2D eigenvalue weighted by molar-refractivity contribution is 0.504. The molecule has 0 heterocycles. The predicted octanol–water partition coefficient (Wildman–Crippen LogP) is 2.99. The maximum Gasteiger partial charge on any atom is 0.246 e. The summed E-state index contributed by atoms with van der Waals surface area (Å²) >= 11 is 0. The quantitative estimate of drug-likeness (QED) is 0.517. The summed E-state index contributed by atoms with van der Waals surface area (Å²) in [6.07, 6.45) is 0.329. The highest BCUT2D eigenvalue weighted by molar-refractivity contribution is 6.73. The Bertz CT molecular complexity index is 240. The minimum absolute atomic E-state index is 0.329. The van der Waals surface area contributed by atoms with Gasteiger partial charge in [-0.25, -0.2) is 0 Å². The molecule has 13 heavy (non-hydrogen) atoms. The highest BCUT2D eigenvalue weighted by atomic mass is 28.4. The van der Waals surface area contributed by atoms with Crippen molar-refractivity contribution in [3.63, 3.8) is 0 Å². The van der Waals surface area contributed by atoms with Gasteiger partial charge < -0.3 is 4.11 Å². The Labute approximate surface area is 80.2 Å². The Kier molecular flexibility index (Phi) is 3.63. The maximum atomic E-state index is 13.7. The fraction of sp³-hybridized carbons (Fsp3) is 0.778. The van der Waals surface area contributed by atoms with Crippen molar-refractivity contribution < 1.29 is 4.11 Å². The number of hydrogen-bond donors (Lipinski definition) is 0. The van der Waals surface area contributed by atoms with Crippen LogP contribution >= 0.6 is 0 Å². The van der Waals surface area contributed by atoms with Gasteiger partial charge in [-0.2, -0.15) is 10.5 Å². The first-order chi connectivity index (χ1) is 5.74. The minimum Gasteiger partial charge on any atom is -0.314 e. The van der Waals surface area contributed by atoms with E-state index in [-0.39, 0.29) is 0 Å². The average Bonchev–Trinajstić information content (AvgIpc) is 1.98. The van der Waals surface area contributed by atoms with E-state index in [9.17, 15) is 4.11 Å². The smallest absolute Gasteiger partial charge is 0.246 e. The van der Waals surface area contributed by atoms with Crippen molar-refractivity contribution in [3.05, 3.63) is 0 Å². The zero-order valence-corrected chi connectivity index (χ0v) is 9.56. The van der Waals surface area contributed by atoms with E-state index in [0.29, 0.717) is 6.42 Å². The Morgan fingerprint density at radius 1 is 1.31 bits per heavy atom. The lowest BCUT2D eigenvalue weighted by Crippen LogP contribution is -2.35. The third-order valence-electron chi connectivity index (χ3n) is 2.64. The van der Waals surface area contributed by atoms with Crippen LogP contribution in [0, 0.1) is 28.6 Å². The second-order valence-corrected chi connectivity index (χ2v) is 8.67. The zero-order chi connectivity index (χ0) is 10.7. The average molecular weight is 198 g/mol. The maximum absolute atomic E-state index is 13.7. The molecule has 0 fully saturated rings. The third kappa shape index (κ3) is 3.16. The van der Waals surface area contributed by atoms with Crippen molar-refractivity contribution in [2.45, 2.75) is 38.4 Å². The molecule has 0 aliphatic carbocycles. The Balaban J connectivity index is 4.55. The van der Waals surface area contributed by atoms with Crippen molar-refractivity contribution in [3.8, 4) is 12.1 Å². The summed E-state index contributed by atoms with van der Waals surface area (Å²) in [4.78, 5) is 0. The van der Waals surface area contributed by atoms with E-state index in [1.165, 1.54) is 0 Å². The molecular formula is C9H15FN2Si. The molecule has 0 aliphatic heterocycles. The monoisotopic (exact) mass is 198 g/mol. The van der Waals surface area contributed by atoms with E-state index in [0.717, 1.165) is 0 Å². The van der Waals surface area contributed by atoms with Crippen LogP contribution in [0.4, 0.5) is 4.11 Å². The number of halogens is 1. The molecule has 0 unspecified atom stereocenters. The normalized spacial score (nSPS) is 12.3. The fourth-order valence-corrected chi connectivity index (χ4v) is 1.56. The zero-order valence-electron chi connectivity index (χ0n) is 8.56. The highest BCUT2D eigenvalue weighted by Gasteiger charge is 2.42. The van der Waals surface area contributed by atoms with Crippen LogP contribution in [0.5, 0.6) is 0 Å². The second kappa shape index (κ2) is 3.89. The molecule has 0 saturated carbocycles. The van der Waals surface area contributed by atoms with E-state index in [1.54, 1.807) is 26.9 Å². The van der Waals surface area contributed by atoms with E-state index in [2.05, 4.69) is 0 Å². The fourth-order valence-electron chi connectivity index (χ4n) is 0.873. The van der Waals surface area contributed by atoms with Gasteiger partial charge in [0, 0.05) is 0 Å². The molecular weight excluding hydrogens is 183 g/mol. The third-order valence-corrected chi connectivity index (χ3v) is 6.06. The largest absolute Gasteiger partial charge is 0.314 e. The summed E-state index contributed by atoms with van der Waals surface area (Å²) in [6.45, 7) is 6.80. The lowest BCUT2D eigenvalue weighted by Gasteiger charge is -2.32. The number of nitrogens with zero attached hydrogens (tertiary/aromatic N) is 2. The van der Waals surface area contributed by atoms with Crippen LogP contribution in [0.25, 0.3) is 0 Å². The summed E-state index contributed by atoms with van der Waals surface area (Å²) < 4.78 is 13.7. The van der Waals surface area contributed by atoms with E-state index >= 15 is 0 Å². The van der Waals surface area contributed by atoms with E-state index in [4.69, 9.17) is 10.5 Å². The summed E-state index contributed by atoms with van der Waals surface area (Å²) in [7, 11) is -2.78. The molecule has 0 radical (unpaired) electrons. The Hall–Kier alpha value is -0.873. The summed E-state index contributed by atoms with van der Waals surface area (Å²) in [5, 5.41) is 16.6. The van der Waals surface area contributed by atoms with Crippen molar-refractivity contribution in [1.82, 2.24) is 0 Å². The van der Waals surface area contributed by atoms with E-state index in [1.807, 2.05) is 12.1 Å². The molecule has 2 nitrogen and oxygen atoms in total.